The Morgan fingerprint density at radius 2 is 2.00 bits per heavy atom. The molecule has 0 fully saturated rings. The average molecular weight is 279 g/mol. The molecule has 0 saturated heterocycles. The molecule has 0 radical (unpaired) electrons. The number of nitrogens with zero attached hydrogens (tertiary/aromatic N) is 1. The van der Waals surface area contributed by atoms with Gasteiger partial charge < -0.3 is 10.4 Å². The fraction of sp³-hybridized carbons (Fsp3) is 0.0769. The molecule has 19 heavy (non-hydrogen) atoms. The molecule has 98 valence electrons. The number of rotatable bonds is 4. The van der Waals surface area contributed by atoms with Crippen molar-refractivity contribution in [3.63, 3.8) is 0 Å². The van der Waals surface area contributed by atoms with Gasteiger partial charge >= 0.3 is 0 Å². The van der Waals surface area contributed by atoms with Gasteiger partial charge in [-0.05, 0) is 23.8 Å². The van der Waals surface area contributed by atoms with Crippen molar-refractivity contribution >= 4 is 23.0 Å². The number of hydrogen-bond donors (Lipinski definition) is 2. The second-order valence-corrected chi connectivity index (χ2v) is 4.31. The lowest BCUT2D eigenvalue weighted by molar-refractivity contribution is -0.384. The summed E-state index contributed by atoms with van der Waals surface area (Å²) in [4.78, 5) is 10.3. The van der Waals surface area contributed by atoms with Crippen LogP contribution >= 0.6 is 11.6 Å². The van der Waals surface area contributed by atoms with Crippen LogP contribution in [0, 0.1) is 10.1 Å². The van der Waals surface area contributed by atoms with Crippen LogP contribution in [0.3, 0.4) is 0 Å². The molecule has 0 saturated carbocycles. The number of nitro groups is 1. The van der Waals surface area contributed by atoms with E-state index in [1.54, 1.807) is 6.07 Å². The first kappa shape index (κ1) is 13.2. The summed E-state index contributed by atoms with van der Waals surface area (Å²) < 4.78 is 0. The molecule has 0 spiro atoms. The van der Waals surface area contributed by atoms with Crippen LogP contribution in [0.25, 0.3) is 0 Å². The molecule has 0 bridgehead atoms. The van der Waals surface area contributed by atoms with E-state index in [0.717, 1.165) is 11.6 Å². The zero-order valence-electron chi connectivity index (χ0n) is 9.84. The third-order valence-electron chi connectivity index (χ3n) is 2.61. The van der Waals surface area contributed by atoms with E-state index in [9.17, 15) is 15.2 Å². The first-order valence-electron chi connectivity index (χ1n) is 5.52. The number of aromatic hydroxyl groups is 1. The highest BCUT2D eigenvalue weighted by Gasteiger charge is 2.14. The Hall–Kier alpha value is -2.27. The Bertz CT molecular complexity index is 617. The molecule has 2 aromatic rings. The summed E-state index contributed by atoms with van der Waals surface area (Å²) in [6.07, 6.45) is 0. The van der Waals surface area contributed by atoms with Crippen molar-refractivity contribution < 1.29 is 10.0 Å². The monoisotopic (exact) mass is 278 g/mol. The minimum atomic E-state index is -0.547. The molecule has 2 aromatic carbocycles. The molecule has 0 aliphatic heterocycles. The Kier molecular flexibility index (Phi) is 3.87. The van der Waals surface area contributed by atoms with E-state index in [1.807, 2.05) is 18.2 Å². The minimum absolute atomic E-state index is 0.144. The highest BCUT2D eigenvalue weighted by atomic mass is 35.5. The highest BCUT2D eigenvalue weighted by Crippen LogP contribution is 2.29. The molecule has 0 heterocycles. The molecule has 0 unspecified atom stereocenters. The van der Waals surface area contributed by atoms with Crippen molar-refractivity contribution in [3.05, 3.63) is 63.2 Å². The molecule has 0 aliphatic carbocycles. The summed E-state index contributed by atoms with van der Waals surface area (Å²) in [5.41, 5.74) is 1.00. The summed E-state index contributed by atoms with van der Waals surface area (Å²) >= 11 is 6.00. The Morgan fingerprint density at radius 1 is 1.26 bits per heavy atom. The molecular formula is C13H11ClN2O3. The minimum Gasteiger partial charge on any atom is -0.508 e. The molecule has 0 atom stereocenters. The average Bonchev–Trinajstić information content (AvgIpc) is 2.38. The summed E-state index contributed by atoms with van der Waals surface area (Å²) in [6.45, 7) is 0.366. The topological polar surface area (TPSA) is 75.4 Å². The maximum atomic E-state index is 10.9. The third-order valence-corrected chi connectivity index (χ3v) is 2.97. The normalized spacial score (nSPS) is 10.2. The van der Waals surface area contributed by atoms with Crippen LogP contribution in [0.2, 0.25) is 5.02 Å². The first-order chi connectivity index (χ1) is 9.08. The van der Waals surface area contributed by atoms with Crippen molar-refractivity contribution in [2.45, 2.75) is 6.54 Å². The third kappa shape index (κ3) is 3.14. The molecule has 0 aromatic heterocycles. The molecule has 2 rings (SSSR count). The van der Waals surface area contributed by atoms with Gasteiger partial charge in [0.05, 0.1) is 11.0 Å². The Morgan fingerprint density at radius 3 is 2.68 bits per heavy atom. The van der Waals surface area contributed by atoms with Crippen molar-refractivity contribution in [3.8, 4) is 5.75 Å². The smallest absolute Gasteiger partial charge is 0.296 e. The van der Waals surface area contributed by atoms with Gasteiger partial charge in [0.15, 0.2) is 0 Å². The predicted molar refractivity (Wildman–Crippen MR) is 73.5 cm³/mol. The number of nitro benzene ring substituents is 1. The number of nitrogens with one attached hydrogen (secondary N) is 1. The molecule has 6 heteroatoms. The largest absolute Gasteiger partial charge is 0.508 e. The lowest BCUT2D eigenvalue weighted by Crippen LogP contribution is -2.02. The highest BCUT2D eigenvalue weighted by molar-refractivity contribution is 6.31. The van der Waals surface area contributed by atoms with Crippen LogP contribution in [0.4, 0.5) is 11.4 Å². The van der Waals surface area contributed by atoms with Gasteiger partial charge in [0, 0.05) is 11.6 Å². The van der Waals surface area contributed by atoms with Crippen LogP contribution in [-0.2, 0) is 6.54 Å². The zero-order chi connectivity index (χ0) is 13.8. The van der Waals surface area contributed by atoms with Gasteiger partial charge in [-0.25, -0.2) is 0 Å². The number of hydrogen-bond acceptors (Lipinski definition) is 4. The van der Waals surface area contributed by atoms with E-state index in [4.69, 9.17) is 11.6 Å². The van der Waals surface area contributed by atoms with Crippen LogP contribution < -0.4 is 5.32 Å². The van der Waals surface area contributed by atoms with Crippen molar-refractivity contribution in [1.82, 2.24) is 0 Å². The van der Waals surface area contributed by atoms with Crippen molar-refractivity contribution in [2.75, 3.05) is 5.32 Å². The zero-order valence-corrected chi connectivity index (χ0v) is 10.6. The van der Waals surface area contributed by atoms with Crippen LogP contribution in [0.5, 0.6) is 5.75 Å². The van der Waals surface area contributed by atoms with E-state index in [-0.39, 0.29) is 11.4 Å². The van der Waals surface area contributed by atoms with Gasteiger partial charge in [0.25, 0.3) is 5.69 Å². The van der Waals surface area contributed by atoms with E-state index < -0.39 is 4.92 Å². The number of benzene rings is 2. The molecule has 5 nitrogen and oxygen atoms in total. The maximum Gasteiger partial charge on any atom is 0.296 e. The number of halogens is 1. The quantitative estimate of drug-likeness (QED) is 0.509. The summed E-state index contributed by atoms with van der Waals surface area (Å²) in [5, 5.41) is 23.7. The second-order valence-electron chi connectivity index (χ2n) is 3.90. The fourth-order valence-electron chi connectivity index (χ4n) is 1.65. The lowest BCUT2D eigenvalue weighted by atomic mass is 10.2. The molecule has 0 aliphatic rings. The van der Waals surface area contributed by atoms with Crippen LogP contribution in [0.1, 0.15) is 5.56 Å². The number of anilines is 1. The number of phenolic OH excluding ortho intramolecular Hbond substituents is 1. The van der Waals surface area contributed by atoms with Gasteiger partial charge in [-0.3, -0.25) is 10.1 Å². The van der Waals surface area contributed by atoms with Crippen molar-refractivity contribution in [2.24, 2.45) is 0 Å². The van der Waals surface area contributed by atoms with E-state index in [0.29, 0.717) is 17.3 Å². The van der Waals surface area contributed by atoms with Gasteiger partial charge in [-0.2, -0.15) is 0 Å². The second kappa shape index (κ2) is 5.58. The molecule has 2 N–H and O–H groups in total. The van der Waals surface area contributed by atoms with Gasteiger partial charge in [0.1, 0.15) is 11.4 Å². The van der Waals surface area contributed by atoms with E-state index >= 15 is 0 Å². The standard InChI is InChI=1S/C13H11ClN2O3/c14-11-4-2-1-3-9(11)8-15-12-6-5-10(17)7-13(12)16(18)19/h1-7,15,17H,8H2. The Balaban J connectivity index is 2.20. The van der Waals surface area contributed by atoms with Gasteiger partial charge in [0.2, 0.25) is 0 Å². The molecule has 0 amide bonds. The lowest BCUT2D eigenvalue weighted by Gasteiger charge is -2.08. The van der Waals surface area contributed by atoms with E-state index in [1.165, 1.54) is 12.1 Å². The number of phenols is 1. The maximum absolute atomic E-state index is 10.9. The SMILES string of the molecule is O=[N+]([O-])c1cc(O)ccc1NCc1ccccc1Cl. The molecular weight excluding hydrogens is 268 g/mol. The van der Waals surface area contributed by atoms with Crippen molar-refractivity contribution in [1.29, 1.82) is 0 Å². The van der Waals surface area contributed by atoms with Crippen LogP contribution in [-0.4, -0.2) is 10.0 Å². The summed E-state index contributed by atoms with van der Waals surface area (Å²) in [6, 6.07) is 11.2. The summed E-state index contributed by atoms with van der Waals surface area (Å²) in [7, 11) is 0. The fourth-order valence-corrected chi connectivity index (χ4v) is 1.86. The Labute approximate surface area is 114 Å². The van der Waals surface area contributed by atoms with Crippen LogP contribution in [0.15, 0.2) is 42.5 Å². The van der Waals surface area contributed by atoms with Gasteiger partial charge in [-0.1, -0.05) is 29.8 Å². The van der Waals surface area contributed by atoms with Gasteiger partial charge in [-0.15, -0.1) is 0 Å². The van der Waals surface area contributed by atoms with E-state index in [2.05, 4.69) is 5.32 Å². The first-order valence-corrected chi connectivity index (χ1v) is 5.90. The summed E-state index contributed by atoms with van der Waals surface area (Å²) in [5.74, 6) is -0.144. The predicted octanol–water partition coefficient (Wildman–Crippen LogP) is 3.57.